The molecule has 0 saturated heterocycles. The Morgan fingerprint density at radius 3 is 2.17 bits per heavy atom. The molecule has 0 radical (unpaired) electrons. The maximum absolute atomic E-state index is 12.1. The van der Waals surface area contributed by atoms with Crippen LogP contribution in [-0.2, 0) is 9.59 Å². The van der Waals surface area contributed by atoms with Gasteiger partial charge in [0.1, 0.15) is 0 Å². The second kappa shape index (κ2) is 9.33. The second-order valence-electron chi connectivity index (χ2n) is 5.17. The number of hydrogen-bond acceptors (Lipinski definition) is 2. The fourth-order valence-electron chi connectivity index (χ4n) is 2.10. The fraction of sp³-hybridized carbons (Fsp3) is 0.467. The van der Waals surface area contributed by atoms with Crippen molar-refractivity contribution in [1.29, 1.82) is 0 Å². The highest BCUT2D eigenvalue weighted by atomic mass is 35.5. The summed E-state index contributed by atoms with van der Waals surface area (Å²) in [6.07, 6.45) is 0. The van der Waals surface area contributed by atoms with Crippen LogP contribution in [0.5, 0.6) is 0 Å². The minimum absolute atomic E-state index is 0.0212. The minimum atomic E-state index is -0.255. The first-order chi connectivity index (χ1) is 10.8. The molecule has 0 spiro atoms. The molecule has 0 heterocycles. The number of benzene rings is 1. The van der Waals surface area contributed by atoms with E-state index >= 15 is 0 Å². The Morgan fingerprint density at radius 1 is 1.04 bits per heavy atom. The Kier molecular flexibility index (Phi) is 8.12. The highest BCUT2D eigenvalue weighted by molar-refractivity contribution is 6.44. The van der Waals surface area contributed by atoms with Gasteiger partial charge in [-0.25, -0.2) is 0 Å². The third-order valence-electron chi connectivity index (χ3n) is 3.32. The number of amides is 2. The number of rotatable bonds is 7. The molecule has 1 aromatic carbocycles. The molecule has 128 valence electrons. The zero-order chi connectivity index (χ0) is 17.6. The van der Waals surface area contributed by atoms with Crippen molar-refractivity contribution in [2.45, 2.75) is 13.8 Å². The van der Waals surface area contributed by atoms with E-state index in [0.717, 1.165) is 4.90 Å². The number of likely N-dealkylation sites (N-methyl/N-ethyl adjacent to an activating group) is 2. The predicted octanol–water partition coefficient (Wildman–Crippen LogP) is 1.97. The average molecular weight is 382 g/mol. The molecular formula is C15H21Cl3N3O2+. The van der Waals surface area contributed by atoms with Crippen LogP contribution in [0, 0.1) is 0 Å². The van der Waals surface area contributed by atoms with Crippen molar-refractivity contribution in [2.24, 2.45) is 0 Å². The van der Waals surface area contributed by atoms with Crippen LogP contribution in [0.15, 0.2) is 12.1 Å². The lowest BCUT2D eigenvalue weighted by Crippen LogP contribution is -3.11. The van der Waals surface area contributed by atoms with Crippen LogP contribution in [0.1, 0.15) is 13.8 Å². The lowest BCUT2D eigenvalue weighted by Gasteiger charge is -2.21. The van der Waals surface area contributed by atoms with Crippen molar-refractivity contribution in [3.05, 3.63) is 27.2 Å². The van der Waals surface area contributed by atoms with Gasteiger partial charge in [-0.15, -0.1) is 0 Å². The first-order valence-corrected chi connectivity index (χ1v) is 8.45. The average Bonchev–Trinajstić information content (AvgIpc) is 2.45. The Labute approximate surface area is 151 Å². The highest BCUT2D eigenvalue weighted by Gasteiger charge is 2.18. The number of carbonyl (C=O) groups excluding carboxylic acids is 2. The van der Waals surface area contributed by atoms with Gasteiger partial charge in [0.2, 0.25) is 0 Å². The first kappa shape index (κ1) is 20.0. The van der Waals surface area contributed by atoms with Crippen LogP contribution in [0.3, 0.4) is 0 Å². The molecular weight excluding hydrogens is 361 g/mol. The molecule has 0 aromatic heterocycles. The van der Waals surface area contributed by atoms with Crippen LogP contribution in [0.25, 0.3) is 0 Å². The maximum Gasteiger partial charge on any atom is 0.279 e. The normalized spacial score (nSPS) is 11.9. The predicted molar refractivity (Wildman–Crippen MR) is 94.7 cm³/mol. The van der Waals surface area contributed by atoms with Gasteiger partial charge in [-0.05, 0) is 26.0 Å². The van der Waals surface area contributed by atoms with Crippen molar-refractivity contribution in [1.82, 2.24) is 4.90 Å². The Hall–Kier alpha value is -1.01. The molecule has 1 rings (SSSR count). The van der Waals surface area contributed by atoms with Crippen molar-refractivity contribution in [2.75, 3.05) is 38.5 Å². The van der Waals surface area contributed by atoms with Gasteiger partial charge < -0.3 is 15.1 Å². The van der Waals surface area contributed by atoms with E-state index in [1.54, 1.807) is 11.9 Å². The van der Waals surface area contributed by atoms with Crippen LogP contribution >= 0.6 is 34.8 Å². The smallest absolute Gasteiger partial charge is 0.279 e. The lowest BCUT2D eigenvalue weighted by atomic mass is 10.3. The second-order valence-corrected chi connectivity index (χ2v) is 6.39. The third kappa shape index (κ3) is 6.18. The number of nitrogens with one attached hydrogen (secondary N) is 2. The number of anilines is 1. The van der Waals surface area contributed by atoms with Gasteiger partial charge in [0.05, 0.1) is 27.8 Å². The third-order valence-corrected chi connectivity index (χ3v) is 4.35. The topological polar surface area (TPSA) is 53.9 Å². The minimum Gasteiger partial charge on any atom is -0.338 e. The largest absolute Gasteiger partial charge is 0.338 e. The summed E-state index contributed by atoms with van der Waals surface area (Å²) < 4.78 is 0. The molecule has 0 aliphatic carbocycles. The Balaban J connectivity index is 2.60. The summed E-state index contributed by atoms with van der Waals surface area (Å²) in [6.45, 7) is 5.57. The van der Waals surface area contributed by atoms with Gasteiger partial charge >= 0.3 is 0 Å². The maximum atomic E-state index is 12.1. The Morgan fingerprint density at radius 2 is 1.61 bits per heavy atom. The van der Waals surface area contributed by atoms with E-state index in [2.05, 4.69) is 5.32 Å². The van der Waals surface area contributed by atoms with E-state index in [1.165, 1.54) is 12.1 Å². The molecule has 1 unspecified atom stereocenters. The Bertz CT molecular complexity index is 577. The molecule has 0 saturated carbocycles. The summed E-state index contributed by atoms with van der Waals surface area (Å²) in [6, 6.07) is 2.97. The van der Waals surface area contributed by atoms with Crippen LogP contribution in [-0.4, -0.2) is 49.9 Å². The zero-order valence-corrected chi connectivity index (χ0v) is 15.6. The summed E-state index contributed by atoms with van der Waals surface area (Å²) in [5.74, 6) is -0.233. The summed E-state index contributed by atoms with van der Waals surface area (Å²) in [5, 5.41) is 3.62. The highest BCUT2D eigenvalue weighted by Crippen LogP contribution is 2.32. The van der Waals surface area contributed by atoms with E-state index in [0.29, 0.717) is 33.8 Å². The molecule has 0 bridgehead atoms. The molecule has 1 atom stereocenters. The molecule has 0 fully saturated rings. The van der Waals surface area contributed by atoms with Crippen molar-refractivity contribution in [3.8, 4) is 0 Å². The standard InChI is InChI=1S/C15H20Cl3N3O2/c1-4-21(5-2)15(23)9-20(3)8-14(22)19-13-7-11(17)10(16)6-12(13)18/h6-7H,4-5,8-9H2,1-3H3,(H,19,22)/p+1. The molecule has 23 heavy (non-hydrogen) atoms. The summed E-state index contributed by atoms with van der Waals surface area (Å²) in [5.41, 5.74) is 0.397. The van der Waals surface area contributed by atoms with E-state index in [-0.39, 0.29) is 24.9 Å². The van der Waals surface area contributed by atoms with Gasteiger partial charge in [0.15, 0.2) is 13.1 Å². The van der Waals surface area contributed by atoms with Crippen LogP contribution in [0.2, 0.25) is 15.1 Å². The summed E-state index contributed by atoms with van der Waals surface area (Å²) in [4.78, 5) is 26.6. The molecule has 0 aliphatic rings. The summed E-state index contributed by atoms with van der Waals surface area (Å²) >= 11 is 17.8. The van der Waals surface area contributed by atoms with Crippen molar-refractivity contribution < 1.29 is 14.5 Å². The number of hydrogen-bond donors (Lipinski definition) is 2. The molecule has 5 nitrogen and oxygen atoms in total. The first-order valence-electron chi connectivity index (χ1n) is 7.31. The number of halogens is 3. The fourth-order valence-corrected chi connectivity index (χ4v) is 2.69. The number of nitrogens with zero attached hydrogens (tertiary/aromatic N) is 1. The zero-order valence-electron chi connectivity index (χ0n) is 13.4. The van der Waals surface area contributed by atoms with E-state index in [4.69, 9.17) is 34.8 Å². The van der Waals surface area contributed by atoms with Gasteiger partial charge in [0.25, 0.3) is 11.8 Å². The van der Waals surface area contributed by atoms with Gasteiger partial charge in [-0.2, -0.15) is 0 Å². The van der Waals surface area contributed by atoms with Gasteiger partial charge in [-0.1, -0.05) is 34.8 Å². The molecule has 2 amide bonds. The van der Waals surface area contributed by atoms with E-state index in [1.807, 2.05) is 13.8 Å². The van der Waals surface area contributed by atoms with Gasteiger partial charge in [0, 0.05) is 13.1 Å². The van der Waals surface area contributed by atoms with Crippen molar-refractivity contribution in [3.63, 3.8) is 0 Å². The number of carbonyl (C=O) groups is 2. The molecule has 1 aromatic rings. The van der Waals surface area contributed by atoms with Crippen LogP contribution in [0.4, 0.5) is 5.69 Å². The van der Waals surface area contributed by atoms with E-state index < -0.39 is 0 Å². The molecule has 2 N–H and O–H groups in total. The molecule has 8 heteroatoms. The SMILES string of the molecule is CCN(CC)C(=O)C[NH+](C)CC(=O)Nc1cc(Cl)c(Cl)cc1Cl. The number of quaternary nitrogens is 1. The van der Waals surface area contributed by atoms with Crippen LogP contribution < -0.4 is 10.2 Å². The van der Waals surface area contributed by atoms with Gasteiger partial charge in [-0.3, -0.25) is 9.59 Å². The summed E-state index contributed by atoms with van der Waals surface area (Å²) in [7, 11) is 1.79. The van der Waals surface area contributed by atoms with E-state index in [9.17, 15) is 9.59 Å². The van der Waals surface area contributed by atoms with Crippen molar-refractivity contribution >= 4 is 52.3 Å². The lowest BCUT2D eigenvalue weighted by molar-refractivity contribution is -0.862. The monoisotopic (exact) mass is 380 g/mol. The quantitative estimate of drug-likeness (QED) is 0.710. The molecule has 0 aliphatic heterocycles.